The molecule has 0 radical (unpaired) electrons. The van der Waals surface area contributed by atoms with Gasteiger partial charge in [0.2, 0.25) is 0 Å². The Morgan fingerprint density at radius 1 is 0.475 bits per heavy atom. The van der Waals surface area contributed by atoms with E-state index in [-0.39, 0.29) is 0 Å². The Morgan fingerprint density at radius 3 is 2.02 bits per heavy atom. The molecule has 0 saturated heterocycles. The van der Waals surface area contributed by atoms with Crippen LogP contribution in [0.5, 0.6) is 0 Å². The summed E-state index contributed by atoms with van der Waals surface area (Å²) in [6.07, 6.45) is 0. The fourth-order valence-electron chi connectivity index (χ4n) is 9.35. The smallest absolute Gasteiger partial charge is 0.143 e. The highest BCUT2D eigenvalue weighted by atomic mass is 32.1. The minimum absolute atomic E-state index is 0.639. The van der Waals surface area contributed by atoms with E-state index in [2.05, 4.69) is 156 Å². The average molecular weight is 795 g/mol. The van der Waals surface area contributed by atoms with Crippen LogP contribution < -0.4 is 0 Å². The van der Waals surface area contributed by atoms with Crippen LogP contribution in [0, 0.1) is 11.3 Å². The molecule has 282 valence electrons. The van der Waals surface area contributed by atoms with E-state index in [1.54, 1.807) is 11.3 Å². The van der Waals surface area contributed by atoms with Gasteiger partial charge in [0.25, 0.3) is 0 Å². The lowest BCUT2D eigenvalue weighted by Crippen LogP contribution is -1.99. The minimum Gasteiger partial charge on any atom is -0.456 e. The maximum Gasteiger partial charge on any atom is 0.143 e. The molecule has 0 fully saturated rings. The summed E-state index contributed by atoms with van der Waals surface area (Å²) < 4.78 is 9.81. The first-order valence-electron chi connectivity index (χ1n) is 20.3. The Labute approximate surface area is 352 Å². The van der Waals surface area contributed by atoms with Crippen molar-refractivity contribution < 1.29 is 4.42 Å². The van der Waals surface area contributed by atoms with E-state index in [0.717, 1.165) is 98.0 Å². The lowest BCUT2D eigenvalue weighted by molar-refractivity contribution is 0.669. The van der Waals surface area contributed by atoms with Gasteiger partial charge in [0.15, 0.2) is 0 Å². The molecule has 0 aliphatic heterocycles. The monoisotopic (exact) mass is 794 g/mol. The summed E-state index contributed by atoms with van der Waals surface area (Å²) in [7, 11) is 0. The van der Waals surface area contributed by atoms with Crippen LogP contribution in [0.15, 0.2) is 186 Å². The van der Waals surface area contributed by atoms with Gasteiger partial charge in [0.05, 0.1) is 39.7 Å². The summed E-state index contributed by atoms with van der Waals surface area (Å²) in [5, 5.41) is 19.7. The highest BCUT2D eigenvalue weighted by Gasteiger charge is 2.22. The molecule has 6 heteroatoms. The molecule has 0 bridgehead atoms. The van der Waals surface area contributed by atoms with Crippen LogP contribution in [0.4, 0.5) is 0 Å². The number of furan rings is 1. The van der Waals surface area contributed by atoms with Gasteiger partial charge in [0.1, 0.15) is 21.5 Å². The Morgan fingerprint density at radius 2 is 1.16 bits per heavy atom. The third-order valence-corrected chi connectivity index (χ3v) is 13.3. The van der Waals surface area contributed by atoms with Crippen LogP contribution in [0.1, 0.15) is 5.56 Å². The lowest BCUT2D eigenvalue weighted by atomic mass is 9.96. The molecule has 0 aliphatic carbocycles. The Balaban J connectivity index is 1.08. The van der Waals surface area contributed by atoms with E-state index in [1.165, 1.54) is 27.1 Å². The average Bonchev–Trinajstić information content (AvgIpc) is 3.98. The molecule has 0 unspecified atom stereocenters. The number of nitrogens with zero attached hydrogens (tertiary/aromatic N) is 4. The molecule has 9 aromatic carbocycles. The minimum atomic E-state index is 0.639. The highest BCUT2D eigenvalue weighted by Crippen LogP contribution is 2.44. The second-order valence-corrected chi connectivity index (χ2v) is 16.7. The van der Waals surface area contributed by atoms with Crippen LogP contribution in [-0.4, -0.2) is 14.5 Å². The summed E-state index contributed by atoms with van der Waals surface area (Å²) in [5.74, 6) is 0. The number of para-hydroxylation sites is 2. The van der Waals surface area contributed by atoms with Crippen molar-refractivity contribution in [1.82, 2.24) is 14.5 Å². The molecule has 4 aromatic heterocycles. The molecule has 0 N–H and O–H groups in total. The van der Waals surface area contributed by atoms with Gasteiger partial charge in [-0.05, 0) is 106 Å². The van der Waals surface area contributed by atoms with Gasteiger partial charge in [-0.2, -0.15) is 5.26 Å². The van der Waals surface area contributed by atoms with Crippen molar-refractivity contribution in [2.24, 2.45) is 0 Å². The van der Waals surface area contributed by atoms with Crippen molar-refractivity contribution in [3.8, 4) is 45.4 Å². The Kier molecular flexibility index (Phi) is 7.18. The second kappa shape index (κ2) is 12.9. The van der Waals surface area contributed by atoms with Crippen molar-refractivity contribution in [2.75, 3.05) is 0 Å². The maximum absolute atomic E-state index is 9.42. The lowest BCUT2D eigenvalue weighted by Gasteiger charge is -2.16. The molecule has 0 amide bonds. The topological polar surface area (TPSA) is 67.6 Å². The Bertz CT molecular complexity index is 4020. The van der Waals surface area contributed by atoms with E-state index in [9.17, 15) is 5.26 Å². The molecule has 4 heterocycles. The molecule has 5 nitrogen and oxygen atoms in total. The number of hydrogen-bond donors (Lipinski definition) is 0. The second-order valence-electron chi connectivity index (χ2n) is 15.6. The SMILES string of the molecule is N#Cc1ccc(-c2ccc3sc4nc(-c5ccc6oc7ccccc7c6c5)c(-c5ccc(-n6c7ccccc7c7cc8ccccc8cc76)c6ccccc56)nc4c3c2)cc1. The third kappa shape index (κ3) is 5.12. The van der Waals surface area contributed by atoms with Crippen LogP contribution in [0.2, 0.25) is 0 Å². The van der Waals surface area contributed by atoms with Gasteiger partial charge in [-0.3, -0.25) is 0 Å². The summed E-state index contributed by atoms with van der Waals surface area (Å²) in [6, 6.07) is 66.2. The molecule has 13 rings (SSSR count). The summed E-state index contributed by atoms with van der Waals surface area (Å²) in [5.41, 5.74) is 12.4. The largest absolute Gasteiger partial charge is 0.456 e. The van der Waals surface area contributed by atoms with Crippen molar-refractivity contribution in [3.63, 3.8) is 0 Å². The van der Waals surface area contributed by atoms with E-state index >= 15 is 0 Å². The molecule has 0 atom stereocenters. The maximum atomic E-state index is 9.42. The first-order valence-corrected chi connectivity index (χ1v) is 21.1. The van der Waals surface area contributed by atoms with Crippen LogP contribution in [0.25, 0.3) is 125 Å². The number of nitriles is 1. The van der Waals surface area contributed by atoms with Crippen LogP contribution in [0.3, 0.4) is 0 Å². The van der Waals surface area contributed by atoms with Crippen molar-refractivity contribution in [3.05, 3.63) is 188 Å². The molecule has 13 aromatic rings. The first kappa shape index (κ1) is 33.8. The number of benzene rings is 9. The molecular formula is C55H30N4OS. The number of hydrogen-bond acceptors (Lipinski definition) is 5. The molecule has 0 spiro atoms. The third-order valence-electron chi connectivity index (χ3n) is 12.2. The zero-order valence-electron chi connectivity index (χ0n) is 32.4. The number of rotatable bonds is 4. The van der Waals surface area contributed by atoms with Gasteiger partial charge in [0, 0.05) is 48.1 Å². The van der Waals surface area contributed by atoms with Crippen LogP contribution in [-0.2, 0) is 0 Å². The predicted molar refractivity (Wildman–Crippen MR) is 253 cm³/mol. The van der Waals surface area contributed by atoms with Crippen molar-refractivity contribution in [2.45, 2.75) is 0 Å². The van der Waals surface area contributed by atoms with E-state index in [1.807, 2.05) is 36.4 Å². The molecule has 0 saturated carbocycles. The molecule has 0 aliphatic rings. The van der Waals surface area contributed by atoms with Crippen molar-refractivity contribution in [1.29, 1.82) is 5.26 Å². The first-order chi connectivity index (χ1) is 30.2. The van der Waals surface area contributed by atoms with Gasteiger partial charge in [-0.15, -0.1) is 11.3 Å². The van der Waals surface area contributed by atoms with E-state index in [4.69, 9.17) is 14.4 Å². The predicted octanol–water partition coefficient (Wildman–Crippen LogP) is 15.0. The highest BCUT2D eigenvalue weighted by molar-refractivity contribution is 7.25. The van der Waals surface area contributed by atoms with Gasteiger partial charge < -0.3 is 8.98 Å². The van der Waals surface area contributed by atoms with Gasteiger partial charge >= 0.3 is 0 Å². The number of fused-ring (bicyclic) bond motifs is 11. The van der Waals surface area contributed by atoms with E-state index < -0.39 is 0 Å². The summed E-state index contributed by atoms with van der Waals surface area (Å²) >= 11 is 1.66. The Hall–Kier alpha value is -8.11. The number of aromatic nitrogens is 3. The molecular weight excluding hydrogens is 765 g/mol. The zero-order chi connectivity index (χ0) is 40.2. The standard InChI is InChI=1S/C55H30N4OS/c56-31-32-17-19-33(20-18-32)36-22-26-51-45(28-36)54-55(61-51)58-52(37-21-25-50-44(29-37)41-14-6-8-16-49(41)60-50)53(57-54)42-23-24-47(39-12-4-3-11-38(39)42)59-46-15-7-5-13-40(46)43-27-34-9-1-2-10-35(34)30-48(43)59/h1-30H. The van der Waals surface area contributed by atoms with Crippen molar-refractivity contribution >= 4 is 97.1 Å². The molecule has 61 heavy (non-hydrogen) atoms. The van der Waals surface area contributed by atoms with E-state index in [0.29, 0.717) is 5.56 Å². The fraction of sp³-hybridized carbons (Fsp3) is 0. The zero-order valence-corrected chi connectivity index (χ0v) is 33.2. The number of thiophene rings is 1. The summed E-state index contributed by atoms with van der Waals surface area (Å²) in [6.45, 7) is 0. The van der Waals surface area contributed by atoms with Crippen LogP contribution >= 0.6 is 11.3 Å². The normalized spacial score (nSPS) is 11.9. The quantitative estimate of drug-likeness (QED) is 0.178. The fourth-order valence-corrected chi connectivity index (χ4v) is 10.4. The van der Waals surface area contributed by atoms with Gasteiger partial charge in [-0.25, -0.2) is 9.97 Å². The summed E-state index contributed by atoms with van der Waals surface area (Å²) in [4.78, 5) is 12.1. The van der Waals surface area contributed by atoms with Gasteiger partial charge in [-0.1, -0.05) is 103 Å².